The van der Waals surface area contributed by atoms with Gasteiger partial charge < -0.3 is 24.0 Å². The van der Waals surface area contributed by atoms with Gasteiger partial charge in [0.1, 0.15) is 23.2 Å². The van der Waals surface area contributed by atoms with E-state index in [1.165, 1.54) is 13.2 Å². The Morgan fingerprint density at radius 3 is 2.39 bits per heavy atom. The Morgan fingerprint density at radius 2 is 1.76 bits per heavy atom. The van der Waals surface area contributed by atoms with Crippen LogP contribution in [0.25, 0.3) is 0 Å². The van der Waals surface area contributed by atoms with Crippen LogP contribution < -0.4 is 9.47 Å². The van der Waals surface area contributed by atoms with Crippen molar-refractivity contribution in [2.75, 3.05) is 46.4 Å². The first-order valence-electron chi connectivity index (χ1n) is 15.9. The van der Waals surface area contributed by atoms with Crippen molar-refractivity contribution in [1.82, 2.24) is 14.7 Å². The van der Waals surface area contributed by atoms with Crippen molar-refractivity contribution in [3.05, 3.63) is 59.2 Å². The zero-order valence-electron chi connectivity index (χ0n) is 25.9. The molecule has 2 amide bonds. The smallest absolute Gasteiger partial charge is 0.416 e. The molecule has 4 aliphatic rings. The lowest BCUT2D eigenvalue weighted by Gasteiger charge is -2.42. The lowest BCUT2D eigenvalue weighted by Crippen LogP contribution is -2.57. The Morgan fingerprint density at radius 1 is 1.07 bits per heavy atom. The summed E-state index contributed by atoms with van der Waals surface area (Å²) in [6, 6.07) is 12.7. The maximum absolute atomic E-state index is 13.1. The molecule has 0 bridgehead atoms. The summed E-state index contributed by atoms with van der Waals surface area (Å²) in [7, 11) is 1.37. The normalized spacial score (nSPS) is 23.5. The monoisotopic (exact) mass is 640 g/mol. The number of ether oxygens (including phenoxy) is 3. The summed E-state index contributed by atoms with van der Waals surface area (Å²) in [4.78, 5) is 31.8. The van der Waals surface area contributed by atoms with Crippen molar-refractivity contribution in [3.63, 3.8) is 0 Å². The van der Waals surface area contributed by atoms with Gasteiger partial charge >= 0.3 is 12.3 Å². The fraction of sp³-hybridized carbons (Fsp3) is 0.559. The van der Waals surface area contributed by atoms with Crippen LogP contribution in [0.5, 0.6) is 11.5 Å². The number of nitrogens with zero attached hydrogens (tertiary/aromatic N) is 4. The highest BCUT2D eigenvalue weighted by atomic mass is 19.4. The lowest BCUT2D eigenvalue weighted by molar-refractivity contribution is -0.146. The van der Waals surface area contributed by atoms with Gasteiger partial charge in [0.05, 0.1) is 43.9 Å². The Hall–Kier alpha value is -3.98. The molecule has 12 heteroatoms. The third kappa shape index (κ3) is 7.04. The Bertz CT molecular complexity index is 1450. The number of nitriles is 1. The van der Waals surface area contributed by atoms with E-state index in [2.05, 4.69) is 11.0 Å². The summed E-state index contributed by atoms with van der Waals surface area (Å²) in [5, 5.41) is 8.94. The van der Waals surface area contributed by atoms with E-state index < -0.39 is 17.3 Å². The van der Waals surface area contributed by atoms with E-state index in [0.717, 1.165) is 37.8 Å². The number of likely N-dealkylation sites (tertiary alicyclic amines) is 2. The number of piperidine rings is 1. The largest absolute Gasteiger partial charge is 0.496 e. The summed E-state index contributed by atoms with van der Waals surface area (Å²) in [6.07, 6.45) is -0.0666. The number of carbonyl (C=O) groups is 2. The van der Waals surface area contributed by atoms with Crippen molar-refractivity contribution in [2.24, 2.45) is 11.8 Å². The minimum absolute atomic E-state index is 0.00315. The summed E-state index contributed by atoms with van der Waals surface area (Å²) in [5.41, 5.74) is -0.00990. The van der Waals surface area contributed by atoms with E-state index in [-0.39, 0.29) is 29.8 Å². The van der Waals surface area contributed by atoms with Gasteiger partial charge in [-0.15, -0.1) is 0 Å². The second-order valence-corrected chi connectivity index (χ2v) is 13.1. The number of hydrogen-bond acceptors (Lipinski definition) is 7. The van der Waals surface area contributed by atoms with E-state index in [1.807, 2.05) is 9.80 Å². The van der Waals surface area contributed by atoms with Crippen molar-refractivity contribution in [3.8, 4) is 17.6 Å². The molecule has 246 valence electrons. The molecule has 0 radical (unpaired) electrons. The highest BCUT2D eigenvalue weighted by molar-refractivity contribution is 5.80. The standard InChI is InChI=1S/C34H39F3N4O5/c1-44-30-16-27(34(35,36)37)9-8-26(30)19-39-14-12-33(13-15-39)22-41(32(43)46-33)18-24-2-6-25(7-3-24)31(42)40-20-29(21-40)45-28-10-4-23(17-38)5-11-28/h4-5,8-11,16,24-25,29H,2-3,6-7,12-15,18-22H2,1H3. The summed E-state index contributed by atoms with van der Waals surface area (Å²) in [6.45, 7) is 4.07. The van der Waals surface area contributed by atoms with Gasteiger partial charge in [-0.1, -0.05) is 6.07 Å². The van der Waals surface area contributed by atoms with Crippen molar-refractivity contribution < 1.29 is 37.0 Å². The summed E-state index contributed by atoms with van der Waals surface area (Å²) >= 11 is 0. The first-order valence-corrected chi connectivity index (χ1v) is 15.9. The third-order valence-corrected chi connectivity index (χ3v) is 9.94. The highest BCUT2D eigenvalue weighted by Gasteiger charge is 2.48. The van der Waals surface area contributed by atoms with Crippen LogP contribution in [-0.2, 0) is 22.3 Å². The average molecular weight is 641 g/mol. The molecule has 9 nitrogen and oxygen atoms in total. The van der Waals surface area contributed by atoms with Crippen molar-refractivity contribution in [1.29, 1.82) is 5.26 Å². The molecule has 2 aromatic rings. The molecule has 1 saturated carbocycles. The Labute approximate surface area is 266 Å². The van der Waals surface area contributed by atoms with Gasteiger partial charge in [-0.25, -0.2) is 4.79 Å². The number of benzene rings is 2. The predicted octanol–water partition coefficient (Wildman–Crippen LogP) is 5.47. The molecule has 0 N–H and O–H groups in total. The van der Waals surface area contributed by atoms with Crippen LogP contribution in [0.2, 0.25) is 0 Å². The fourth-order valence-corrected chi connectivity index (χ4v) is 7.16. The zero-order chi connectivity index (χ0) is 32.5. The van der Waals surface area contributed by atoms with Crippen molar-refractivity contribution >= 4 is 12.0 Å². The number of carbonyl (C=O) groups excluding carboxylic acids is 2. The maximum Gasteiger partial charge on any atom is 0.416 e. The molecule has 2 aromatic carbocycles. The topological polar surface area (TPSA) is 95.3 Å². The second-order valence-electron chi connectivity index (χ2n) is 13.1. The van der Waals surface area contributed by atoms with E-state index >= 15 is 0 Å². The van der Waals surface area contributed by atoms with Crippen LogP contribution in [0.15, 0.2) is 42.5 Å². The number of halogens is 3. The van der Waals surface area contributed by atoms with Crippen LogP contribution in [-0.4, -0.2) is 84.8 Å². The number of alkyl halides is 3. The van der Waals surface area contributed by atoms with E-state index in [0.29, 0.717) is 81.4 Å². The molecule has 6 rings (SSSR count). The second kappa shape index (κ2) is 13.0. The molecular weight excluding hydrogens is 601 g/mol. The molecule has 46 heavy (non-hydrogen) atoms. The first kappa shape index (κ1) is 32.0. The molecule has 3 heterocycles. The molecule has 0 unspecified atom stereocenters. The Kier molecular flexibility index (Phi) is 9.06. The fourth-order valence-electron chi connectivity index (χ4n) is 7.16. The quantitative estimate of drug-likeness (QED) is 0.378. The zero-order valence-corrected chi connectivity index (χ0v) is 25.9. The first-order chi connectivity index (χ1) is 22.0. The highest BCUT2D eigenvalue weighted by Crippen LogP contribution is 2.38. The molecule has 4 fully saturated rings. The molecule has 1 aliphatic carbocycles. The molecular formula is C34H39F3N4O5. The van der Waals surface area contributed by atoms with E-state index in [1.54, 1.807) is 24.3 Å². The number of hydrogen-bond donors (Lipinski definition) is 0. The molecule has 0 atom stereocenters. The van der Waals surface area contributed by atoms with Gasteiger partial charge in [-0.05, 0) is 68.0 Å². The van der Waals surface area contributed by atoms with E-state index in [9.17, 15) is 22.8 Å². The average Bonchev–Trinajstić information content (AvgIpc) is 3.33. The number of rotatable bonds is 8. The third-order valence-electron chi connectivity index (χ3n) is 9.94. The predicted molar refractivity (Wildman–Crippen MR) is 161 cm³/mol. The van der Waals surface area contributed by atoms with Crippen LogP contribution in [0.1, 0.15) is 55.2 Å². The van der Waals surface area contributed by atoms with Gasteiger partial charge in [0.15, 0.2) is 0 Å². The number of amides is 2. The van der Waals surface area contributed by atoms with Gasteiger partial charge in [0, 0.05) is 50.5 Å². The molecule has 3 aliphatic heterocycles. The van der Waals surface area contributed by atoms with Crippen molar-refractivity contribution in [2.45, 2.75) is 63.0 Å². The summed E-state index contributed by atoms with van der Waals surface area (Å²) in [5.74, 6) is 1.41. The Balaban J connectivity index is 0.920. The van der Waals surface area contributed by atoms with Gasteiger partial charge in [0.2, 0.25) is 5.91 Å². The molecule has 1 spiro atoms. The molecule has 0 aromatic heterocycles. The van der Waals surface area contributed by atoms with Crippen LogP contribution in [0, 0.1) is 23.2 Å². The minimum Gasteiger partial charge on any atom is -0.496 e. The van der Waals surface area contributed by atoms with Gasteiger partial charge in [0.25, 0.3) is 0 Å². The summed E-state index contributed by atoms with van der Waals surface area (Å²) < 4.78 is 56.5. The molecule has 3 saturated heterocycles. The van der Waals surface area contributed by atoms with Gasteiger partial charge in [-0.3, -0.25) is 9.69 Å². The SMILES string of the molecule is COc1cc(C(F)(F)F)ccc1CN1CCC2(CC1)CN(CC1CCC(C(=O)N3CC(Oc4ccc(C#N)cc4)C3)CC1)C(=O)O2. The minimum atomic E-state index is -4.43. The van der Waals surface area contributed by atoms with Crippen LogP contribution in [0.3, 0.4) is 0 Å². The maximum atomic E-state index is 13.1. The number of methoxy groups -OCH3 is 1. The van der Waals surface area contributed by atoms with Crippen LogP contribution >= 0.6 is 0 Å². The van der Waals surface area contributed by atoms with Crippen LogP contribution in [0.4, 0.5) is 18.0 Å². The lowest BCUT2D eigenvalue weighted by atomic mass is 9.80. The van der Waals surface area contributed by atoms with E-state index in [4.69, 9.17) is 19.5 Å². The van der Waals surface area contributed by atoms with Gasteiger partial charge in [-0.2, -0.15) is 18.4 Å².